The molecule has 0 radical (unpaired) electrons. The van der Waals surface area contributed by atoms with Crippen LogP contribution in [0.15, 0.2) is 152 Å². The summed E-state index contributed by atoms with van der Waals surface area (Å²) in [4.78, 5) is 7.71. The largest absolute Gasteiger partial charge is 0.309 e. The van der Waals surface area contributed by atoms with Crippen molar-refractivity contribution >= 4 is 55.0 Å². The van der Waals surface area contributed by atoms with Gasteiger partial charge < -0.3 is 9.13 Å². The zero-order valence-electron chi connectivity index (χ0n) is 26.7. The molecule has 0 bridgehead atoms. The average molecular weight is 636 g/mol. The Morgan fingerprint density at radius 2 is 1.08 bits per heavy atom. The fraction of sp³-hybridized carbons (Fsp3) is 0. The minimum Gasteiger partial charge on any atom is -0.309 e. The molecule has 0 N–H and O–H groups in total. The van der Waals surface area contributed by atoms with Crippen molar-refractivity contribution in [2.75, 3.05) is 0 Å². The molecule has 5 nitrogen and oxygen atoms in total. The summed E-state index contributed by atoms with van der Waals surface area (Å²) in [7, 11) is 0. The van der Waals surface area contributed by atoms with Gasteiger partial charge in [0.15, 0.2) is 11.4 Å². The van der Waals surface area contributed by atoms with Crippen LogP contribution in [0.25, 0.3) is 86.9 Å². The number of benzene rings is 7. The fourth-order valence-electron chi connectivity index (χ4n) is 7.31. The number of nitrogens with zero attached hydrogens (tertiary/aromatic N) is 5. The second kappa shape index (κ2) is 11.4. The Balaban J connectivity index is 1.33. The van der Waals surface area contributed by atoms with Crippen LogP contribution in [0, 0.1) is 24.5 Å². The first kappa shape index (κ1) is 28.8. The predicted octanol–water partition coefficient (Wildman–Crippen LogP) is 12.2. The Bertz CT molecular complexity index is 2960. The summed E-state index contributed by atoms with van der Waals surface area (Å²) in [6.07, 6.45) is 0. The molecule has 0 fully saturated rings. The number of aromatic nitrogens is 2. The lowest BCUT2D eigenvalue weighted by molar-refractivity contribution is 1.18. The lowest BCUT2D eigenvalue weighted by Crippen LogP contribution is -1.97. The molecule has 0 unspecified atom stereocenters. The molecule has 9 rings (SSSR count). The highest BCUT2D eigenvalue weighted by Crippen LogP contribution is 2.41. The van der Waals surface area contributed by atoms with Gasteiger partial charge in [-0.25, -0.2) is 9.69 Å². The smallest absolute Gasteiger partial charge is 0.195 e. The Kier molecular flexibility index (Phi) is 6.56. The summed E-state index contributed by atoms with van der Waals surface area (Å²) >= 11 is 0. The highest BCUT2D eigenvalue weighted by Gasteiger charge is 2.18. The molecular weight excluding hydrogens is 611 g/mol. The number of nitriles is 1. The van der Waals surface area contributed by atoms with Crippen molar-refractivity contribution in [3.05, 3.63) is 180 Å². The van der Waals surface area contributed by atoms with E-state index in [4.69, 9.17) is 13.1 Å². The van der Waals surface area contributed by atoms with Crippen molar-refractivity contribution in [1.82, 2.24) is 9.13 Å². The Morgan fingerprint density at radius 1 is 0.460 bits per heavy atom. The van der Waals surface area contributed by atoms with Crippen molar-refractivity contribution in [2.24, 2.45) is 0 Å². The van der Waals surface area contributed by atoms with Gasteiger partial charge in [0, 0.05) is 27.5 Å². The van der Waals surface area contributed by atoms with E-state index in [-0.39, 0.29) is 0 Å². The molecule has 5 heteroatoms. The first-order valence-corrected chi connectivity index (χ1v) is 16.2. The third kappa shape index (κ3) is 4.45. The monoisotopic (exact) mass is 635 g/mol. The molecule has 0 saturated carbocycles. The SMILES string of the molecule is [C-]#[N+]c1ccc2c(c1)c1ccccc1n2-c1cc(-c2ccccc2)cc(-c2cc(-n3c4ccccc4c4cc(C#N)ccc43)ccc2[N+]#[C-])c1. The lowest BCUT2D eigenvalue weighted by atomic mass is 9.96. The molecule has 50 heavy (non-hydrogen) atoms. The van der Waals surface area contributed by atoms with Crippen LogP contribution < -0.4 is 0 Å². The topological polar surface area (TPSA) is 42.4 Å². The molecule has 2 heterocycles. The van der Waals surface area contributed by atoms with E-state index >= 15 is 0 Å². The van der Waals surface area contributed by atoms with E-state index in [2.05, 4.69) is 85.6 Å². The van der Waals surface area contributed by atoms with Crippen LogP contribution in [0.3, 0.4) is 0 Å². The molecule has 0 amide bonds. The maximum atomic E-state index is 9.65. The molecule has 0 spiro atoms. The quantitative estimate of drug-likeness (QED) is 0.177. The molecule has 2 aromatic heterocycles. The fourth-order valence-corrected chi connectivity index (χ4v) is 7.31. The summed E-state index contributed by atoms with van der Waals surface area (Å²) in [5.41, 5.74) is 11.6. The minimum atomic E-state index is 0.557. The molecule has 0 aliphatic rings. The van der Waals surface area contributed by atoms with Crippen molar-refractivity contribution in [3.8, 4) is 39.7 Å². The highest BCUT2D eigenvalue weighted by atomic mass is 15.0. The van der Waals surface area contributed by atoms with Crippen molar-refractivity contribution < 1.29 is 0 Å². The average Bonchev–Trinajstić information content (AvgIpc) is 3.70. The van der Waals surface area contributed by atoms with Gasteiger partial charge in [-0.3, -0.25) is 0 Å². The molecule has 0 saturated heterocycles. The van der Waals surface area contributed by atoms with Crippen LogP contribution in [0.2, 0.25) is 0 Å². The van der Waals surface area contributed by atoms with E-state index in [1.54, 1.807) is 0 Å². The first-order valence-electron chi connectivity index (χ1n) is 16.2. The van der Waals surface area contributed by atoms with Gasteiger partial charge in [-0.2, -0.15) is 5.26 Å². The van der Waals surface area contributed by atoms with Crippen LogP contribution in [-0.4, -0.2) is 9.13 Å². The van der Waals surface area contributed by atoms with Crippen LogP contribution in [0.4, 0.5) is 11.4 Å². The summed E-state index contributed by atoms with van der Waals surface area (Å²) < 4.78 is 4.47. The molecule has 0 atom stereocenters. The van der Waals surface area contributed by atoms with E-state index in [1.165, 1.54) is 0 Å². The Labute approximate surface area is 288 Å². The summed E-state index contributed by atoms with van der Waals surface area (Å²) in [5.74, 6) is 0. The maximum absolute atomic E-state index is 9.65. The van der Waals surface area contributed by atoms with Crippen molar-refractivity contribution in [1.29, 1.82) is 5.26 Å². The summed E-state index contributed by atoms with van der Waals surface area (Å²) in [6.45, 7) is 15.8. The van der Waals surface area contributed by atoms with Crippen molar-refractivity contribution in [2.45, 2.75) is 0 Å². The highest BCUT2D eigenvalue weighted by molar-refractivity contribution is 6.11. The third-order valence-electron chi connectivity index (χ3n) is 9.54. The molecule has 0 aliphatic carbocycles. The van der Waals surface area contributed by atoms with E-state index in [0.29, 0.717) is 16.9 Å². The van der Waals surface area contributed by atoms with Crippen LogP contribution in [-0.2, 0) is 0 Å². The molecular formula is C45H25N5. The second-order valence-corrected chi connectivity index (χ2v) is 12.3. The molecule has 9 aromatic rings. The zero-order chi connectivity index (χ0) is 33.8. The van der Waals surface area contributed by atoms with E-state index in [9.17, 15) is 5.26 Å². The second-order valence-electron chi connectivity index (χ2n) is 12.3. The van der Waals surface area contributed by atoms with Crippen LogP contribution >= 0.6 is 0 Å². The van der Waals surface area contributed by atoms with Gasteiger partial charge in [-0.1, -0.05) is 78.9 Å². The summed E-state index contributed by atoms with van der Waals surface area (Å²) in [5, 5.41) is 13.8. The van der Waals surface area contributed by atoms with Gasteiger partial charge in [-0.05, 0) is 100 Å². The Morgan fingerprint density at radius 3 is 1.78 bits per heavy atom. The molecule has 230 valence electrons. The standard InChI is InChI=1S/C45H25N5/c1-47-33-17-21-45-40(26-33)37-13-7-9-15-43(37)50(45)35-24-31(30-10-4-3-5-11-30)23-32(25-35)38-27-34(18-19-41(38)48-2)49-42-14-8-6-12-36(42)39-22-29(28-46)16-20-44(39)49/h3-27H. The number of rotatable bonds is 4. The van der Waals surface area contributed by atoms with Gasteiger partial charge in [0.1, 0.15) is 0 Å². The number of fused-ring (bicyclic) bond motifs is 6. The molecule has 7 aromatic carbocycles. The predicted molar refractivity (Wildman–Crippen MR) is 203 cm³/mol. The number of para-hydroxylation sites is 2. The minimum absolute atomic E-state index is 0.557. The lowest BCUT2D eigenvalue weighted by Gasteiger charge is -2.16. The van der Waals surface area contributed by atoms with E-state index in [1.807, 2.05) is 91.0 Å². The van der Waals surface area contributed by atoms with Gasteiger partial charge in [0.25, 0.3) is 0 Å². The number of hydrogen-bond donors (Lipinski definition) is 0. The van der Waals surface area contributed by atoms with Gasteiger partial charge >= 0.3 is 0 Å². The maximum Gasteiger partial charge on any atom is 0.195 e. The third-order valence-corrected chi connectivity index (χ3v) is 9.54. The number of hydrogen-bond acceptors (Lipinski definition) is 1. The van der Waals surface area contributed by atoms with Crippen LogP contribution in [0.5, 0.6) is 0 Å². The first-order chi connectivity index (χ1) is 24.6. The summed E-state index contributed by atoms with van der Waals surface area (Å²) in [6, 6.07) is 53.4. The zero-order valence-corrected chi connectivity index (χ0v) is 26.7. The van der Waals surface area contributed by atoms with Gasteiger partial charge in [0.2, 0.25) is 0 Å². The van der Waals surface area contributed by atoms with Gasteiger partial charge in [-0.15, -0.1) is 0 Å². The van der Waals surface area contributed by atoms with E-state index < -0.39 is 0 Å². The van der Waals surface area contributed by atoms with Crippen LogP contribution in [0.1, 0.15) is 5.56 Å². The van der Waals surface area contributed by atoms with E-state index in [0.717, 1.165) is 77.2 Å². The van der Waals surface area contributed by atoms with Crippen molar-refractivity contribution in [3.63, 3.8) is 0 Å². The molecule has 0 aliphatic heterocycles. The Hall–Kier alpha value is -7.39. The normalized spacial score (nSPS) is 11.1. The van der Waals surface area contributed by atoms with Gasteiger partial charge in [0.05, 0.1) is 46.8 Å².